The first-order chi connectivity index (χ1) is 11.7. The average molecular weight is 332 g/mol. The van der Waals surface area contributed by atoms with Gasteiger partial charge in [-0.05, 0) is 19.3 Å². The largest absolute Gasteiger partial charge is 0.334 e. The number of hydrogen-bond acceptors (Lipinski definition) is 6. The molecule has 4 heterocycles. The van der Waals surface area contributed by atoms with E-state index in [0.29, 0.717) is 12.5 Å². The molecule has 0 saturated carbocycles. The lowest BCUT2D eigenvalue weighted by Crippen LogP contribution is -2.52. The third kappa shape index (κ3) is 2.44. The number of piperazine rings is 1. The summed E-state index contributed by atoms with van der Waals surface area (Å²) in [5.74, 6) is -0.0721. The lowest BCUT2D eigenvalue weighted by molar-refractivity contribution is 0.0705. The van der Waals surface area contributed by atoms with Gasteiger partial charge in [0.1, 0.15) is 0 Å². The molecule has 0 spiro atoms. The lowest BCUT2D eigenvalue weighted by atomic mass is 10.2. The van der Waals surface area contributed by atoms with Crippen LogP contribution in [0.15, 0.2) is 12.4 Å². The molecule has 2 N–H and O–H groups in total. The Labute approximate surface area is 139 Å². The Morgan fingerprint density at radius 2 is 1.83 bits per heavy atom. The number of hydroxylamine groups is 1. The van der Waals surface area contributed by atoms with E-state index in [0.717, 1.165) is 38.9 Å². The predicted molar refractivity (Wildman–Crippen MR) is 83.7 cm³/mol. The van der Waals surface area contributed by atoms with Crippen LogP contribution in [0.2, 0.25) is 0 Å². The smallest absolute Gasteiger partial charge is 0.320 e. The molecule has 3 aliphatic rings. The van der Waals surface area contributed by atoms with Crippen molar-refractivity contribution in [1.29, 1.82) is 0 Å². The number of carbonyl (C=O) groups is 2. The molecule has 128 valence electrons. The fourth-order valence-corrected chi connectivity index (χ4v) is 3.89. The van der Waals surface area contributed by atoms with Crippen molar-refractivity contribution in [1.82, 2.24) is 25.2 Å². The van der Waals surface area contributed by atoms with Crippen LogP contribution in [0, 0.1) is 0 Å². The van der Waals surface area contributed by atoms with E-state index in [-0.39, 0.29) is 23.7 Å². The summed E-state index contributed by atoms with van der Waals surface area (Å²) >= 11 is 0. The highest BCUT2D eigenvalue weighted by Crippen LogP contribution is 2.33. The van der Waals surface area contributed by atoms with Gasteiger partial charge in [-0.25, -0.2) is 20.2 Å². The summed E-state index contributed by atoms with van der Waals surface area (Å²) in [5.41, 5.74) is 1.77. The number of carbonyl (C=O) groups excluding carboxylic acids is 2. The number of hydrogen-bond donors (Lipinski definition) is 2. The van der Waals surface area contributed by atoms with Crippen LogP contribution < -0.4 is 10.4 Å². The molecule has 1 aromatic rings. The van der Waals surface area contributed by atoms with Gasteiger partial charge < -0.3 is 14.7 Å². The molecule has 0 aromatic carbocycles. The van der Waals surface area contributed by atoms with Crippen LogP contribution in [-0.2, 0) is 0 Å². The van der Waals surface area contributed by atoms with Crippen LogP contribution in [0.1, 0.15) is 29.6 Å². The molecular formula is C15H20N6O3. The van der Waals surface area contributed by atoms with E-state index in [1.165, 1.54) is 12.4 Å². The van der Waals surface area contributed by atoms with E-state index in [1.807, 2.05) is 9.80 Å². The molecule has 0 unspecified atom stereocenters. The summed E-state index contributed by atoms with van der Waals surface area (Å²) in [5, 5.41) is 8.62. The molecule has 3 aliphatic heterocycles. The summed E-state index contributed by atoms with van der Waals surface area (Å²) < 4.78 is 0. The molecule has 9 heteroatoms. The topological polar surface area (TPSA) is 102 Å². The Bertz CT molecular complexity index is 645. The molecule has 0 radical (unpaired) electrons. The number of anilines is 1. The highest BCUT2D eigenvalue weighted by Gasteiger charge is 2.47. The summed E-state index contributed by atoms with van der Waals surface area (Å²) in [6.45, 7) is 3.15. The van der Waals surface area contributed by atoms with E-state index in [1.54, 1.807) is 5.48 Å². The molecule has 3 amide bonds. The maximum Gasteiger partial charge on any atom is 0.320 e. The molecule has 2 bridgehead atoms. The zero-order valence-corrected chi connectivity index (χ0v) is 13.3. The molecule has 4 rings (SSSR count). The SMILES string of the molecule is O=C(NO)c1cnc(N2C[C@@H]3C[C@@H]2CN3C(=O)N2CCCC2)nc1. The van der Waals surface area contributed by atoms with Crippen molar-refractivity contribution in [2.75, 3.05) is 31.1 Å². The Hall–Kier alpha value is -2.42. The minimum Gasteiger partial charge on any atom is -0.334 e. The van der Waals surface area contributed by atoms with Gasteiger partial charge in [-0.2, -0.15) is 0 Å². The molecule has 2 atom stereocenters. The summed E-state index contributed by atoms with van der Waals surface area (Å²) in [6.07, 6.45) is 5.92. The van der Waals surface area contributed by atoms with Crippen molar-refractivity contribution in [2.24, 2.45) is 0 Å². The fraction of sp³-hybridized carbons (Fsp3) is 0.600. The monoisotopic (exact) mass is 332 g/mol. The molecular weight excluding hydrogens is 312 g/mol. The van der Waals surface area contributed by atoms with Gasteiger partial charge in [0.15, 0.2) is 0 Å². The maximum atomic E-state index is 12.6. The second kappa shape index (κ2) is 5.90. The van der Waals surface area contributed by atoms with E-state index >= 15 is 0 Å². The first-order valence-electron chi connectivity index (χ1n) is 8.26. The highest BCUT2D eigenvalue weighted by atomic mass is 16.5. The average Bonchev–Trinajstić information content (AvgIpc) is 3.36. The third-order valence-corrected chi connectivity index (χ3v) is 5.12. The second-order valence-corrected chi connectivity index (χ2v) is 6.54. The molecule has 3 saturated heterocycles. The third-order valence-electron chi connectivity index (χ3n) is 5.12. The van der Waals surface area contributed by atoms with E-state index in [9.17, 15) is 9.59 Å². The normalized spacial score (nSPS) is 25.5. The first kappa shape index (κ1) is 15.1. The summed E-state index contributed by atoms with van der Waals surface area (Å²) in [4.78, 5) is 38.4. The van der Waals surface area contributed by atoms with Crippen LogP contribution in [0.4, 0.5) is 10.7 Å². The fourth-order valence-electron chi connectivity index (χ4n) is 3.89. The zero-order chi connectivity index (χ0) is 16.7. The molecule has 1 aromatic heterocycles. The molecule has 3 fully saturated rings. The summed E-state index contributed by atoms with van der Waals surface area (Å²) in [6, 6.07) is 0.585. The van der Waals surface area contributed by atoms with Crippen LogP contribution in [0.25, 0.3) is 0 Å². The maximum absolute atomic E-state index is 12.6. The second-order valence-electron chi connectivity index (χ2n) is 6.54. The van der Waals surface area contributed by atoms with Gasteiger partial charge >= 0.3 is 6.03 Å². The minimum atomic E-state index is -0.633. The number of likely N-dealkylation sites (tertiary alicyclic amines) is 2. The lowest BCUT2D eigenvalue weighted by Gasteiger charge is -2.36. The number of amides is 3. The number of rotatable bonds is 2. The van der Waals surface area contributed by atoms with E-state index < -0.39 is 5.91 Å². The van der Waals surface area contributed by atoms with Gasteiger partial charge in [0.25, 0.3) is 5.91 Å². The van der Waals surface area contributed by atoms with E-state index in [2.05, 4.69) is 14.9 Å². The first-order valence-corrected chi connectivity index (χ1v) is 8.26. The van der Waals surface area contributed by atoms with Crippen molar-refractivity contribution in [3.63, 3.8) is 0 Å². The van der Waals surface area contributed by atoms with Crippen molar-refractivity contribution in [3.8, 4) is 0 Å². The van der Waals surface area contributed by atoms with E-state index in [4.69, 9.17) is 5.21 Å². The van der Waals surface area contributed by atoms with Gasteiger partial charge in [0.2, 0.25) is 5.95 Å². The van der Waals surface area contributed by atoms with Crippen molar-refractivity contribution < 1.29 is 14.8 Å². The quantitative estimate of drug-likeness (QED) is 0.587. The minimum absolute atomic E-state index is 0.163. The van der Waals surface area contributed by atoms with Gasteiger partial charge in [0.05, 0.1) is 17.6 Å². The van der Waals surface area contributed by atoms with Gasteiger partial charge in [-0.15, -0.1) is 0 Å². The Balaban J connectivity index is 1.42. The summed E-state index contributed by atoms with van der Waals surface area (Å²) in [7, 11) is 0. The van der Waals surface area contributed by atoms with Gasteiger partial charge in [-0.3, -0.25) is 10.0 Å². The number of fused-ring (bicyclic) bond motifs is 2. The van der Waals surface area contributed by atoms with Crippen molar-refractivity contribution in [3.05, 3.63) is 18.0 Å². The predicted octanol–water partition coefficient (Wildman–Crippen LogP) is 0.0743. The number of aromatic nitrogens is 2. The Morgan fingerprint density at radius 3 is 2.42 bits per heavy atom. The van der Waals surface area contributed by atoms with Gasteiger partial charge in [0, 0.05) is 38.6 Å². The Kier molecular flexibility index (Phi) is 3.72. The number of nitrogens with one attached hydrogen (secondary N) is 1. The van der Waals surface area contributed by atoms with Crippen LogP contribution in [-0.4, -0.2) is 75.2 Å². The molecule has 24 heavy (non-hydrogen) atoms. The standard InChI is InChI=1S/C15H20N6O3/c22-13(18-24)10-6-16-14(17-7-10)20-8-12-5-11(20)9-21(12)15(23)19-3-1-2-4-19/h6-7,11-12,24H,1-5,8-9H2,(H,18,22)/t11-,12+/m1/s1. The zero-order valence-electron chi connectivity index (χ0n) is 13.3. The molecule has 9 nitrogen and oxygen atoms in total. The Morgan fingerprint density at radius 1 is 1.12 bits per heavy atom. The van der Waals surface area contributed by atoms with Crippen LogP contribution >= 0.6 is 0 Å². The molecule has 0 aliphatic carbocycles. The number of urea groups is 1. The van der Waals surface area contributed by atoms with Crippen molar-refractivity contribution >= 4 is 17.9 Å². The van der Waals surface area contributed by atoms with Crippen LogP contribution in [0.3, 0.4) is 0 Å². The van der Waals surface area contributed by atoms with Crippen LogP contribution in [0.5, 0.6) is 0 Å². The highest BCUT2D eigenvalue weighted by molar-refractivity contribution is 5.92. The number of nitrogens with zero attached hydrogens (tertiary/aromatic N) is 5. The van der Waals surface area contributed by atoms with Gasteiger partial charge in [-0.1, -0.05) is 0 Å². The van der Waals surface area contributed by atoms with Crippen molar-refractivity contribution in [2.45, 2.75) is 31.3 Å².